The summed E-state index contributed by atoms with van der Waals surface area (Å²) in [6, 6.07) is 7.24. The minimum Gasteiger partial charge on any atom is -0.330 e. The molecule has 2 atom stereocenters. The molecular formula is C16H22Cl2N2. The van der Waals surface area contributed by atoms with Crippen molar-refractivity contribution in [2.75, 3.05) is 13.1 Å². The number of hydrogen-bond acceptors (Lipinski definition) is 2. The average Bonchev–Trinajstić information content (AvgIpc) is 3.26. The first-order valence-electron chi connectivity index (χ1n) is 7.61. The molecule has 0 amide bonds. The van der Waals surface area contributed by atoms with Crippen LogP contribution in [0.1, 0.15) is 43.7 Å². The standard InChI is InChI=1S/C16H22Cl2N2/c17-14-7-4-11(9-15(14)18)16-12(10-19)3-1-2-8-20(16)13-5-6-13/h4,7,9,12-13,16H,1-3,5-6,8,10,19H2. The Hall–Kier alpha value is -0.280. The lowest BCUT2D eigenvalue weighted by molar-refractivity contribution is 0.149. The second-order valence-corrected chi connectivity index (χ2v) is 6.89. The van der Waals surface area contributed by atoms with Crippen molar-refractivity contribution in [1.82, 2.24) is 4.90 Å². The van der Waals surface area contributed by atoms with Crippen molar-refractivity contribution in [2.24, 2.45) is 11.7 Å². The van der Waals surface area contributed by atoms with E-state index in [1.54, 1.807) is 0 Å². The highest BCUT2D eigenvalue weighted by Crippen LogP contribution is 2.42. The molecule has 1 aliphatic heterocycles. The van der Waals surface area contributed by atoms with Crippen molar-refractivity contribution in [2.45, 2.75) is 44.2 Å². The minimum atomic E-state index is 0.407. The number of benzene rings is 1. The minimum absolute atomic E-state index is 0.407. The van der Waals surface area contributed by atoms with Crippen molar-refractivity contribution in [3.8, 4) is 0 Å². The van der Waals surface area contributed by atoms with Crippen LogP contribution < -0.4 is 5.73 Å². The summed E-state index contributed by atoms with van der Waals surface area (Å²) < 4.78 is 0. The fourth-order valence-corrected chi connectivity index (χ4v) is 3.80. The van der Waals surface area contributed by atoms with Gasteiger partial charge in [-0.1, -0.05) is 35.7 Å². The number of rotatable bonds is 3. The third kappa shape index (κ3) is 2.99. The van der Waals surface area contributed by atoms with Crippen LogP contribution in [0.15, 0.2) is 18.2 Å². The topological polar surface area (TPSA) is 29.3 Å². The van der Waals surface area contributed by atoms with Crippen LogP contribution in [0.25, 0.3) is 0 Å². The molecule has 2 unspecified atom stereocenters. The molecule has 4 heteroatoms. The molecular weight excluding hydrogens is 291 g/mol. The molecule has 20 heavy (non-hydrogen) atoms. The van der Waals surface area contributed by atoms with E-state index in [9.17, 15) is 0 Å². The van der Waals surface area contributed by atoms with E-state index in [0.717, 1.165) is 12.6 Å². The molecule has 0 bridgehead atoms. The zero-order valence-electron chi connectivity index (χ0n) is 11.7. The van der Waals surface area contributed by atoms with Gasteiger partial charge >= 0.3 is 0 Å². The second-order valence-electron chi connectivity index (χ2n) is 6.08. The van der Waals surface area contributed by atoms with Crippen molar-refractivity contribution in [3.05, 3.63) is 33.8 Å². The zero-order valence-corrected chi connectivity index (χ0v) is 13.2. The fraction of sp³-hybridized carbons (Fsp3) is 0.625. The first-order chi connectivity index (χ1) is 9.70. The lowest BCUT2D eigenvalue weighted by Crippen LogP contribution is -2.37. The second kappa shape index (κ2) is 6.23. The van der Waals surface area contributed by atoms with E-state index in [0.29, 0.717) is 22.0 Å². The van der Waals surface area contributed by atoms with E-state index in [1.165, 1.54) is 44.2 Å². The smallest absolute Gasteiger partial charge is 0.0595 e. The Morgan fingerprint density at radius 1 is 1.10 bits per heavy atom. The van der Waals surface area contributed by atoms with Gasteiger partial charge in [-0.3, -0.25) is 4.90 Å². The first kappa shape index (κ1) is 14.6. The molecule has 1 aromatic rings. The lowest BCUT2D eigenvalue weighted by atomic mass is 9.89. The van der Waals surface area contributed by atoms with E-state index in [-0.39, 0.29) is 0 Å². The summed E-state index contributed by atoms with van der Waals surface area (Å²) in [5.41, 5.74) is 7.35. The van der Waals surface area contributed by atoms with E-state index < -0.39 is 0 Å². The molecule has 0 radical (unpaired) electrons. The average molecular weight is 313 g/mol. The van der Waals surface area contributed by atoms with Crippen LogP contribution in [-0.4, -0.2) is 24.0 Å². The molecule has 0 aromatic heterocycles. The van der Waals surface area contributed by atoms with Crippen LogP contribution in [0, 0.1) is 5.92 Å². The Labute approximate surface area is 131 Å². The van der Waals surface area contributed by atoms with Gasteiger partial charge in [0.05, 0.1) is 10.0 Å². The maximum atomic E-state index is 6.23. The van der Waals surface area contributed by atoms with Gasteiger partial charge in [0.2, 0.25) is 0 Å². The quantitative estimate of drug-likeness (QED) is 0.903. The van der Waals surface area contributed by atoms with Gasteiger partial charge in [0, 0.05) is 12.1 Å². The Kier molecular flexibility index (Phi) is 4.56. The number of halogens is 2. The molecule has 1 saturated carbocycles. The molecule has 2 fully saturated rings. The van der Waals surface area contributed by atoms with E-state index in [1.807, 2.05) is 12.1 Å². The van der Waals surface area contributed by atoms with Crippen molar-refractivity contribution < 1.29 is 0 Å². The summed E-state index contributed by atoms with van der Waals surface area (Å²) in [7, 11) is 0. The van der Waals surface area contributed by atoms with Gasteiger partial charge in [-0.15, -0.1) is 0 Å². The first-order valence-corrected chi connectivity index (χ1v) is 8.37. The third-order valence-corrected chi connectivity index (χ3v) is 5.39. The Morgan fingerprint density at radius 3 is 2.55 bits per heavy atom. The highest BCUT2D eigenvalue weighted by Gasteiger charge is 2.38. The van der Waals surface area contributed by atoms with Crippen LogP contribution in [0.4, 0.5) is 0 Å². The third-order valence-electron chi connectivity index (χ3n) is 4.65. The molecule has 2 nitrogen and oxygen atoms in total. The van der Waals surface area contributed by atoms with Gasteiger partial charge < -0.3 is 5.73 Å². The molecule has 1 saturated heterocycles. The predicted octanol–water partition coefficient (Wildman–Crippen LogP) is 4.26. The van der Waals surface area contributed by atoms with Gasteiger partial charge in [0.25, 0.3) is 0 Å². The molecule has 2 aliphatic rings. The van der Waals surface area contributed by atoms with E-state index in [4.69, 9.17) is 28.9 Å². The number of likely N-dealkylation sites (tertiary alicyclic amines) is 1. The van der Waals surface area contributed by atoms with Crippen molar-refractivity contribution in [3.63, 3.8) is 0 Å². The maximum absolute atomic E-state index is 6.23. The lowest BCUT2D eigenvalue weighted by Gasteiger charge is -2.35. The largest absolute Gasteiger partial charge is 0.330 e. The Bertz CT molecular complexity index is 474. The summed E-state index contributed by atoms with van der Waals surface area (Å²) in [6.45, 7) is 1.93. The van der Waals surface area contributed by atoms with Gasteiger partial charge in [-0.05, 0) is 62.4 Å². The number of hydrogen-bond donors (Lipinski definition) is 1. The van der Waals surface area contributed by atoms with Crippen LogP contribution in [0.5, 0.6) is 0 Å². The van der Waals surface area contributed by atoms with Crippen molar-refractivity contribution in [1.29, 1.82) is 0 Å². The normalized spacial score (nSPS) is 28.4. The van der Waals surface area contributed by atoms with Gasteiger partial charge in [-0.25, -0.2) is 0 Å². The Morgan fingerprint density at radius 2 is 1.90 bits per heavy atom. The summed E-state index contributed by atoms with van der Waals surface area (Å²) in [4.78, 5) is 2.67. The number of nitrogens with zero attached hydrogens (tertiary/aromatic N) is 1. The monoisotopic (exact) mass is 312 g/mol. The SMILES string of the molecule is NCC1CCCCN(C2CC2)C1c1ccc(Cl)c(Cl)c1. The maximum Gasteiger partial charge on any atom is 0.0595 e. The Balaban J connectivity index is 1.95. The van der Waals surface area contributed by atoms with Crippen LogP contribution >= 0.6 is 23.2 Å². The highest BCUT2D eigenvalue weighted by atomic mass is 35.5. The highest BCUT2D eigenvalue weighted by molar-refractivity contribution is 6.42. The molecule has 110 valence electrons. The molecule has 1 heterocycles. The van der Waals surface area contributed by atoms with E-state index >= 15 is 0 Å². The van der Waals surface area contributed by atoms with Crippen molar-refractivity contribution >= 4 is 23.2 Å². The zero-order chi connectivity index (χ0) is 14.1. The van der Waals surface area contributed by atoms with E-state index in [2.05, 4.69) is 11.0 Å². The summed E-state index contributed by atoms with van der Waals surface area (Å²) in [5, 5.41) is 1.28. The van der Waals surface area contributed by atoms with Gasteiger partial charge in [-0.2, -0.15) is 0 Å². The molecule has 1 aliphatic carbocycles. The molecule has 0 spiro atoms. The fourth-order valence-electron chi connectivity index (χ4n) is 3.49. The molecule has 2 N–H and O–H groups in total. The summed E-state index contributed by atoms with van der Waals surface area (Å²) in [5.74, 6) is 0.523. The predicted molar refractivity (Wildman–Crippen MR) is 85.3 cm³/mol. The van der Waals surface area contributed by atoms with Crippen LogP contribution in [0.2, 0.25) is 10.0 Å². The van der Waals surface area contributed by atoms with Gasteiger partial charge in [0.15, 0.2) is 0 Å². The molecule has 1 aromatic carbocycles. The summed E-state index contributed by atoms with van der Waals surface area (Å²) in [6.07, 6.45) is 6.43. The van der Waals surface area contributed by atoms with Crippen LogP contribution in [-0.2, 0) is 0 Å². The molecule has 3 rings (SSSR count). The summed E-state index contributed by atoms with van der Waals surface area (Å²) >= 11 is 12.3. The number of nitrogens with two attached hydrogens (primary N) is 1. The van der Waals surface area contributed by atoms with Crippen LogP contribution in [0.3, 0.4) is 0 Å². The van der Waals surface area contributed by atoms with Gasteiger partial charge in [0.1, 0.15) is 0 Å².